The standard InChI is InChI=1S/C18H26N2O3.ClH/c1-5-6-13-9-14(10-16(22-3)17(13)23-4)18(21)20-15-7-8-19-11-12(15)2;/h5,9-10,12,15,19H,1,6-8,11H2,2-4H3,(H,20,21);1H. The van der Waals surface area contributed by atoms with Crippen LogP contribution < -0.4 is 20.1 Å². The van der Waals surface area contributed by atoms with Gasteiger partial charge in [-0.25, -0.2) is 0 Å². The van der Waals surface area contributed by atoms with E-state index in [9.17, 15) is 4.79 Å². The summed E-state index contributed by atoms with van der Waals surface area (Å²) in [6.45, 7) is 7.77. The van der Waals surface area contributed by atoms with Gasteiger partial charge in [0.2, 0.25) is 0 Å². The summed E-state index contributed by atoms with van der Waals surface area (Å²) in [7, 11) is 3.17. The molecule has 0 bridgehead atoms. The van der Waals surface area contributed by atoms with Crippen LogP contribution in [0, 0.1) is 5.92 Å². The molecule has 2 atom stereocenters. The molecule has 0 radical (unpaired) electrons. The van der Waals surface area contributed by atoms with Crippen molar-refractivity contribution >= 4 is 18.3 Å². The highest BCUT2D eigenvalue weighted by atomic mass is 35.5. The number of nitrogens with one attached hydrogen (secondary N) is 2. The molecule has 2 N–H and O–H groups in total. The predicted molar refractivity (Wildman–Crippen MR) is 98.6 cm³/mol. The number of methoxy groups -OCH3 is 2. The molecule has 1 aliphatic heterocycles. The molecule has 1 heterocycles. The lowest BCUT2D eigenvalue weighted by molar-refractivity contribution is 0.0913. The number of hydrogen-bond donors (Lipinski definition) is 2. The molecule has 1 fully saturated rings. The number of carbonyl (C=O) groups is 1. The smallest absolute Gasteiger partial charge is 0.251 e. The van der Waals surface area contributed by atoms with Gasteiger partial charge >= 0.3 is 0 Å². The number of rotatable bonds is 6. The summed E-state index contributed by atoms with van der Waals surface area (Å²) in [6.07, 6.45) is 3.35. The van der Waals surface area contributed by atoms with E-state index < -0.39 is 0 Å². The van der Waals surface area contributed by atoms with Gasteiger partial charge in [-0.1, -0.05) is 13.0 Å². The molecule has 0 spiro atoms. The molecule has 134 valence electrons. The maximum absolute atomic E-state index is 12.6. The molecule has 2 unspecified atom stereocenters. The average Bonchev–Trinajstić information content (AvgIpc) is 2.56. The van der Waals surface area contributed by atoms with Gasteiger partial charge in [-0.05, 0) is 44.0 Å². The zero-order valence-electron chi connectivity index (χ0n) is 14.6. The number of carbonyl (C=O) groups excluding carboxylic acids is 1. The van der Waals surface area contributed by atoms with Crippen LogP contribution in [0.4, 0.5) is 0 Å². The number of halogens is 1. The Hall–Kier alpha value is -1.72. The fraction of sp³-hybridized carbons (Fsp3) is 0.500. The summed E-state index contributed by atoms with van der Waals surface area (Å²) < 4.78 is 10.8. The summed E-state index contributed by atoms with van der Waals surface area (Å²) in [4.78, 5) is 12.6. The first-order chi connectivity index (χ1) is 11.1. The third-order valence-corrected chi connectivity index (χ3v) is 4.28. The molecule has 1 aromatic carbocycles. The molecule has 0 saturated carbocycles. The number of ether oxygens (including phenoxy) is 2. The van der Waals surface area contributed by atoms with Gasteiger partial charge in [-0.3, -0.25) is 4.79 Å². The first-order valence-electron chi connectivity index (χ1n) is 7.98. The third kappa shape index (κ3) is 4.65. The molecule has 0 aromatic heterocycles. The summed E-state index contributed by atoms with van der Waals surface area (Å²) in [5.74, 6) is 1.56. The summed E-state index contributed by atoms with van der Waals surface area (Å²) in [5, 5.41) is 6.48. The molecule has 1 aromatic rings. The zero-order valence-corrected chi connectivity index (χ0v) is 15.4. The van der Waals surface area contributed by atoms with Gasteiger partial charge in [-0.2, -0.15) is 0 Å². The Labute approximate surface area is 150 Å². The van der Waals surface area contributed by atoms with Gasteiger partial charge in [0.15, 0.2) is 11.5 Å². The van der Waals surface area contributed by atoms with Crippen molar-refractivity contribution in [2.45, 2.75) is 25.8 Å². The molecule has 2 rings (SSSR count). The number of piperidine rings is 1. The third-order valence-electron chi connectivity index (χ3n) is 4.28. The van der Waals surface area contributed by atoms with E-state index in [2.05, 4.69) is 24.1 Å². The summed E-state index contributed by atoms with van der Waals surface area (Å²) in [5.41, 5.74) is 1.48. The van der Waals surface area contributed by atoms with Crippen molar-refractivity contribution in [1.82, 2.24) is 10.6 Å². The fourth-order valence-corrected chi connectivity index (χ4v) is 2.96. The van der Waals surface area contributed by atoms with E-state index in [1.807, 2.05) is 6.07 Å². The number of allylic oxidation sites excluding steroid dienone is 1. The average molecular weight is 355 g/mol. The van der Waals surface area contributed by atoms with Crippen LogP contribution in [0.1, 0.15) is 29.3 Å². The first kappa shape index (κ1) is 20.3. The largest absolute Gasteiger partial charge is 0.493 e. The Kier molecular flexibility index (Phi) is 8.08. The lowest BCUT2D eigenvalue weighted by atomic mass is 9.95. The topological polar surface area (TPSA) is 59.6 Å². The molecule has 6 heteroatoms. The number of benzene rings is 1. The molecule has 1 saturated heterocycles. The second kappa shape index (κ2) is 9.55. The lowest BCUT2D eigenvalue weighted by Crippen LogP contribution is -2.48. The molecular formula is C18H27ClN2O3. The van der Waals surface area contributed by atoms with Crippen LogP contribution in [-0.2, 0) is 6.42 Å². The normalized spacial score (nSPS) is 19.8. The van der Waals surface area contributed by atoms with E-state index in [0.29, 0.717) is 29.4 Å². The van der Waals surface area contributed by atoms with Crippen molar-refractivity contribution in [2.75, 3.05) is 27.3 Å². The van der Waals surface area contributed by atoms with Crippen LogP contribution in [-0.4, -0.2) is 39.3 Å². The van der Waals surface area contributed by atoms with Gasteiger partial charge < -0.3 is 20.1 Å². The maximum atomic E-state index is 12.6. The van der Waals surface area contributed by atoms with E-state index in [1.54, 1.807) is 26.4 Å². The Morgan fingerprint density at radius 3 is 2.75 bits per heavy atom. The van der Waals surface area contributed by atoms with Crippen molar-refractivity contribution in [2.24, 2.45) is 5.92 Å². The highest BCUT2D eigenvalue weighted by Crippen LogP contribution is 2.33. The second-order valence-electron chi connectivity index (χ2n) is 5.91. The van der Waals surface area contributed by atoms with E-state index >= 15 is 0 Å². The highest BCUT2D eigenvalue weighted by molar-refractivity contribution is 5.95. The Bertz CT molecular complexity index is 578. The van der Waals surface area contributed by atoms with E-state index in [1.165, 1.54) is 0 Å². The molecular weight excluding hydrogens is 328 g/mol. The van der Waals surface area contributed by atoms with Crippen molar-refractivity contribution in [3.05, 3.63) is 35.9 Å². The van der Waals surface area contributed by atoms with Crippen molar-refractivity contribution in [3.63, 3.8) is 0 Å². The Balaban J connectivity index is 0.00000288. The summed E-state index contributed by atoms with van der Waals surface area (Å²) in [6, 6.07) is 3.77. The molecule has 0 aliphatic carbocycles. The lowest BCUT2D eigenvalue weighted by Gasteiger charge is -2.30. The molecule has 5 nitrogen and oxygen atoms in total. The minimum atomic E-state index is -0.0741. The second-order valence-corrected chi connectivity index (χ2v) is 5.91. The van der Waals surface area contributed by atoms with E-state index in [0.717, 1.165) is 25.1 Å². The minimum Gasteiger partial charge on any atom is -0.493 e. The highest BCUT2D eigenvalue weighted by Gasteiger charge is 2.24. The summed E-state index contributed by atoms with van der Waals surface area (Å²) >= 11 is 0. The van der Waals surface area contributed by atoms with E-state index in [4.69, 9.17) is 9.47 Å². The zero-order chi connectivity index (χ0) is 16.8. The van der Waals surface area contributed by atoms with Crippen molar-refractivity contribution in [1.29, 1.82) is 0 Å². The monoisotopic (exact) mass is 354 g/mol. The van der Waals surface area contributed by atoms with Crippen molar-refractivity contribution < 1.29 is 14.3 Å². The van der Waals surface area contributed by atoms with Gasteiger partial charge in [0.1, 0.15) is 0 Å². The van der Waals surface area contributed by atoms with Gasteiger partial charge in [0.25, 0.3) is 5.91 Å². The van der Waals surface area contributed by atoms with Crippen LogP contribution in [0.15, 0.2) is 24.8 Å². The van der Waals surface area contributed by atoms with Gasteiger partial charge in [0.05, 0.1) is 14.2 Å². The SMILES string of the molecule is C=CCc1cc(C(=O)NC2CCNCC2C)cc(OC)c1OC.Cl. The van der Waals surface area contributed by atoms with Gasteiger partial charge in [-0.15, -0.1) is 19.0 Å². The number of hydrogen-bond acceptors (Lipinski definition) is 4. The van der Waals surface area contributed by atoms with Crippen LogP contribution in [0.25, 0.3) is 0 Å². The van der Waals surface area contributed by atoms with E-state index in [-0.39, 0.29) is 24.4 Å². The van der Waals surface area contributed by atoms with Gasteiger partial charge in [0, 0.05) is 17.2 Å². The van der Waals surface area contributed by atoms with Crippen LogP contribution in [0.3, 0.4) is 0 Å². The minimum absolute atomic E-state index is 0. The first-order valence-corrected chi connectivity index (χ1v) is 7.98. The maximum Gasteiger partial charge on any atom is 0.251 e. The van der Waals surface area contributed by atoms with Crippen LogP contribution >= 0.6 is 12.4 Å². The molecule has 1 amide bonds. The number of amides is 1. The Morgan fingerprint density at radius 1 is 1.42 bits per heavy atom. The van der Waals surface area contributed by atoms with Crippen LogP contribution in [0.5, 0.6) is 11.5 Å². The molecule has 24 heavy (non-hydrogen) atoms. The predicted octanol–water partition coefficient (Wildman–Crippen LogP) is 2.58. The Morgan fingerprint density at radius 2 is 2.17 bits per heavy atom. The van der Waals surface area contributed by atoms with Crippen molar-refractivity contribution in [3.8, 4) is 11.5 Å². The molecule has 1 aliphatic rings. The quantitative estimate of drug-likeness (QED) is 0.771. The van der Waals surface area contributed by atoms with Crippen LogP contribution in [0.2, 0.25) is 0 Å². The fourth-order valence-electron chi connectivity index (χ4n) is 2.96.